The quantitative estimate of drug-likeness (QED) is 0.687. The van der Waals surface area contributed by atoms with Gasteiger partial charge in [0.05, 0.1) is 25.6 Å². The molecule has 0 atom stereocenters. The number of nitrogens with two attached hydrogens (primary N) is 2. The van der Waals surface area contributed by atoms with E-state index in [1.165, 1.54) is 6.20 Å². The van der Waals surface area contributed by atoms with Gasteiger partial charge in [-0.3, -0.25) is 0 Å². The largest absolute Gasteiger partial charge is 0.378 e. The number of anilines is 3. The first-order valence-corrected chi connectivity index (χ1v) is 6.83. The second kappa shape index (κ2) is 7.59. The fourth-order valence-corrected chi connectivity index (χ4v) is 1.67. The Labute approximate surface area is 129 Å². The number of nitrogen functional groups attached to an aromatic ring is 2. The van der Waals surface area contributed by atoms with Gasteiger partial charge in [-0.25, -0.2) is 9.97 Å². The van der Waals surface area contributed by atoms with E-state index in [0.717, 1.165) is 32.1 Å². The van der Waals surface area contributed by atoms with Gasteiger partial charge in [-0.05, 0) is 15.9 Å². The van der Waals surface area contributed by atoms with E-state index in [0.29, 0.717) is 4.60 Å². The standard InChI is InChI=1S/C7H11N5O.C3H3BrN4/c8-7-9-5-6(10-11-7)12-1-3-13-4-2-12;4-2-1-6-3(5)8-7-2/h5H,1-4H2,(H2,8,9,11);1H,(H2,5,6,8). The summed E-state index contributed by atoms with van der Waals surface area (Å²) in [6.07, 6.45) is 3.12. The van der Waals surface area contributed by atoms with Crippen LogP contribution in [0.15, 0.2) is 17.0 Å². The van der Waals surface area contributed by atoms with Crippen molar-refractivity contribution >= 4 is 33.6 Å². The number of morpholine rings is 1. The second-order valence-corrected chi connectivity index (χ2v) is 4.73. The van der Waals surface area contributed by atoms with Crippen LogP contribution in [0.5, 0.6) is 0 Å². The van der Waals surface area contributed by atoms with Gasteiger partial charge in [0.1, 0.15) is 4.60 Å². The normalized spacial score (nSPS) is 14.2. The third-order valence-electron chi connectivity index (χ3n) is 2.45. The molecule has 0 unspecified atom stereocenters. The molecule has 0 aromatic carbocycles. The van der Waals surface area contributed by atoms with Crippen LogP contribution >= 0.6 is 15.9 Å². The Morgan fingerprint density at radius 2 is 1.57 bits per heavy atom. The van der Waals surface area contributed by atoms with Gasteiger partial charge in [-0.2, -0.15) is 0 Å². The molecule has 10 nitrogen and oxygen atoms in total. The number of hydrogen-bond donors (Lipinski definition) is 2. The van der Waals surface area contributed by atoms with Crippen molar-refractivity contribution < 1.29 is 4.74 Å². The Balaban J connectivity index is 0.000000173. The van der Waals surface area contributed by atoms with E-state index in [2.05, 4.69) is 51.2 Å². The highest BCUT2D eigenvalue weighted by atomic mass is 79.9. The molecular weight excluding hydrogens is 342 g/mol. The molecule has 3 heterocycles. The van der Waals surface area contributed by atoms with Crippen LogP contribution in [-0.2, 0) is 4.74 Å². The van der Waals surface area contributed by atoms with Crippen LogP contribution in [0, 0.1) is 0 Å². The number of hydrogen-bond acceptors (Lipinski definition) is 10. The summed E-state index contributed by atoms with van der Waals surface area (Å²) in [5, 5.41) is 14.6. The van der Waals surface area contributed by atoms with Gasteiger partial charge in [0, 0.05) is 13.1 Å². The number of ether oxygens (including phenoxy) is 1. The van der Waals surface area contributed by atoms with Crippen molar-refractivity contribution in [3.8, 4) is 0 Å². The number of halogens is 1. The monoisotopic (exact) mass is 355 g/mol. The predicted molar refractivity (Wildman–Crippen MR) is 79.2 cm³/mol. The van der Waals surface area contributed by atoms with Crippen LogP contribution in [0.25, 0.3) is 0 Å². The molecule has 3 rings (SSSR count). The van der Waals surface area contributed by atoms with Crippen LogP contribution in [0.2, 0.25) is 0 Å². The maximum absolute atomic E-state index is 5.33. The van der Waals surface area contributed by atoms with E-state index >= 15 is 0 Å². The van der Waals surface area contributed by atoms with Crippen LogP contribution in [0.4, 0.5) is 17.7 Å². The first kappa shape index (κ1) is 15.3. The molecule has 1 aliphatic rings. The lowest BCUT2D eigenvalue weighted by molar-refractivity contribution is 0.122. The van der Waals surface area contributed by atoms with Crippen LogP contribution < -0.4 is 16.4 Å². The summed E-state index contributed by atoms with van der Waals surface area (Å²) in [5.41, 5.74) is 10.4. The lowest BCUT2D eigenvalue weighted by atomic mass is 10.4. The van der Waals surface area contributed by atoms with Crippen LogP contribution in [0.1, 0.15) is 0 Å². The van der Waals surface area contributed by atoms with Gasteiger partial charge in [0.15, 0.2) is 5.82 Å². The molecule has 0 saturated carbocycles. The molecule has 0 amide bonds. The zero-order chi connectivity index (χ0) is 15.1. The van der Waals surface area contributed by atoms with Crippen molar-refractivity contribution in [1.29, 1.82) is 0 Å². The Morgan fingerprint density at radius 1 is 0.952 bits per heavy atom. The summed E-state index contributed by atoms with van der Waals surface area (Å²) < 4.78 is 5.80. The summed E-state index contributed by atoms with van der Waals surface area (Å²) in [6, 6.07) is 0. The van der Waals surface area contributed by atoms with Gasteiger partial charge >= 0.3 is 0 Å². The van der Waals surface area contributed by atoms with Crippen molar-refractivity contribution in [3.63, 3.8) is 0 Å². The Bertz CT molecular complexity index is 522. The SMILES string of the molecule is Nc1ncc(Br)nn1.Nc1ncc(N2CCOCC2)nn1. The predicted octanol–water partition coefficient (Wildman–Crippen LogP) is -0.493. The van der Waals surface area contributed by atoms with Crippen molar-refractivity contribution in [2.24, 2.45) is 0 Å². The summed E-state index contributed by atoms with van der Waals surface area (Å²) in [7, 11) is 0. The Kier molecular flexibility index (Phi) is 5.51. The third-order valence-corrected chi connectivity index (χ3v) is 2.82. The van der Waals surface area contributed by atoms with Gasteiger partial charge in [-0.15, -0.1) is 20.4 Å². The summed E-state index contributed by atoms with van der Waals surface area (Å²) in [4.78, 5) is 9.58. The van der Waals surface area contributed by atoms with E-state index in [4.69, 9.17) is 16.2 Å². The first-order valence-electron chi connectivity index (χ1n) is 6.04. The average Bonchev–Trinajstić information content (AvgIpc) is 2.52. The molecular formula is C10H14BrN9O. The second-order valence-electron chi connectivity index (χ2n) is 3.91. The fourth-order valence-electron chi connectivity index (χ4n) is 1.49. The molecule has 112 valence electrons. The molecule has 21 heavy (non-hydrogen) atoms. The zero-order valence-electron chi connectivity index (χ0n) is 11.1. The van der Waals surface area contributed by atoms with Gasteiger partial charge < -0.3 is 21.1 Å². The highest BCUT2D eigenvalue weighted by Crippen LogP contribution is 2.09. The fraction of sp³-hybridized carbons (Fsp3) is 0.400. The first-order chi connectivity index (χ1) is 10.1. The third kappa shape index (κ3) is 5.04. The minimum absolute atomic E-state index is 0.188. The van der Waals surface area contributed by atoms with E-state index in [1.807, 2.05) is 0 Å². The molecule has 11 heteroatoms. The molecule has 1 aliphatic heterocycles. The molecule has 2 aromatic heterocycles. The van der Waals surface area contributed by atoms with Crippen molar-refractivity contribution in [3.05, 3.63) is 17.0 Å². The lowest BCUT2D eigenvalue weighted by Gasteiger charge is -2.26. The maximum atomic E-state index is 5.33. The minimum Gasteiger partial charge on any atom is -0.378 e. The van der Waals surface area contributed by atoms with Gasteiger partial charge in [0.25, 0.3) is 0 Å². The zero-order valence-corrected chi connectivity index (χ0v) is 12.6. The summed E-state index contributed by atoms with van der Waals surface area (Å²) in [5.74, 6) is 1.16. The lowest BCUT2D eigenvalue weighted by Crippen LogP contribution is -2.37. The molecule has 0 spiro atoms. The smallest absolute Gasteiger partial charge is 0.240 e. The number of rotatable bonds is 1. The van der Waals surface area contributed by atoms with Crippen molar-refractivity contribution in [2.75, 3.05) is 42.7 Å². The van der Waals surface area contributed by atoms with Gasteiger partial charge in [0.2, 0.25) is 11.9 Å². The number of nitrogens with zero attached hydrogens (tertiary/aromatic N) is 7. The molecule has 4 N–H and O–H groups in total. The van der Waals surface area contributed by atoms with Crippen molar-refractivity contribution in [2.45, 2.75) is 0 Å². The van der Waals surface area contributed by atoms with E-state index in [1.54, 1.807) is 6.20 Å². The summed E-state index contributed by atoms with van der Waals surface area (Å²) >= 11 is 3.05. The van der Waals surface area contributed by atoms with Crippen LogP contribution in [0.3, 0.4) is 0 Å². The minimum atomic E-state index is 0.188. The summed E-state index contributed by atoms with van der Waals surface area (Å²) in [6.45, 7) is 3.12. The highest BCUT2D eigenvalue weighted by Gasteiger charge is 2.12. The van der Waals surface area contributed by atoms with Gasteiger partial charge in [-0.1, -0.05) is 0 Å². The van der Waals surface area contributed by atoms with Crippen LogP contribution in [-0.4, -0.2) is 56.7 Å². The Morgan fingerprint density at radius 3 is 2.05 bits per heavy atom. The molecule has 1 saturated heterocycles. The maximum Gasteiger partial charge on any atom is 0.240 e. The topological polar surface area (TPSA) is 142 Å². The number of aromatic nitrogens is 6. The highest BCUT2D eigenvalue weighted by molar-refractivity contribution is 9.10. The molecule has 0 bridgehead atoms. The van der Waals surface area contributed by atoms with Crippen molar-refractivity contribution in [1.82, 2.24) is 30.4 Å². The molecule has 0 radical (unpaired) electrons. The molecule has 0 aliphatic carbocycles. The van der Waals surface area contributed by atoms with E-state index in [9.17, 15) is 0 Å². The molecule has 1 fully saturated rings. The average molecular weight is 356 g/mol. The van der Waals surface area contributed by atoms with E-state index < -0.39 is 0 Å². The van der Waals surface area contributed by atoms with E-state index in [-0.39, 0.29) is 11.9 Å². The Hall–Kier alpha value is -2.14. The molecule has 2 aromatic rings.